The molecule has 3 rings (SSSR count). The molecule has 1 aromatic carbocycles. The van der Waals surface area contributed by atoms with Gasteiger partial charge >= 0.3 is 0 Å². The molecule has 0 radical (unpaired) electrons. The van der Waals surface area contributed by atoms with Gasteiger partial charge in [0.15, 0.2) is 0 Å². The molecule has 1 saturated heterocycles. The van der Waals surface area contributed by atoms with Crippen LogP contribution in [0.25, 0.3) is 10.6 Å². The number of carbonyl (C=O) groups is 1. The van der Waals surface area contributed by atoms with Gasteiger partial charge in [-0.3, -0.25) is 4.79 Å². The zero-order chi connectivity index (χ0) is 20.6. The number of aliphatic hydroxyl groups is 1. The van der Waals surface area contributed by atoms with E-state index in [9.17, 15) is 9.90 Å². The number of unbranched alkanes of at least 4 members (excludes halogenated alkanes) is 3. The first kappa shape index (κ1) is 21.9. The zero-order valence-electron chi connectivity index (χ0n) is 17.5. The summed E-state index contributed by atoms with van der Waals surface area (Å²) < 4.78 is 0. The van der Waals surface area contributed by atoms with Gasteiger partial charge in [0.25, 0.3) is 0 Å². The fraction of sp³-hybridized carbons (Fsp3) is 0.565. The van der Waals surface area contributed by atoms with Crippen molar-refractivity contribution < 1.29 is 9.90 Å². The van der Waals surface area contributed by atoms with Crippen LogP contribution in [-0.2, 0) is 11.3 Å². The summed E-state index contributed by atoms with van der Waals surface area (Å²) in [5.41, 5.74) is 2.15. The Bertz CT molecular complexity index is 775. The first-order valence-corrected chi connectivity index (χ1v) is 11.6. The van der Waals surface area contributed by atoms with E-state index in [2.05, 4.69) is 41.6 Å². The van der Waals surface area contributed by atoms with Crippen LogP contribution in [0.2, 0.25) is 0 Å². The monoisotopic (exact) mass is 415 g/mol. The van der Waals surface area contributed by atoms with Gasteiger partial charge in [0.2, 0.25) is 5.91 Å². The van der Waals surface area contributed by atoms with Gasteiger partial charge < -0.3 is 15.7 Å². The van der Waals surface area contributed by atoms with Gasteiger partial charge in [0.05, 0.1) is 6.10 Å². The molecular formula is C23H33N3O2S. The number of thiazole rings is 1. The van der Waals surface area contributed by atoms with Gasteiger partial charge in [0.1, 0.15) is 11.0 Å². The maximum Gasteiger partial charge on any atom is 0.240 e. The minimum absolute atomic E-state index is 0.142. The van der Waals surface area contributed by atoms with Crippen LogP contribution in [0.4, 0.5) is 0 Å². The van der Waals surface area contributed by atoms with Crippen molar-refractivity contribution in [1.29, 1.82) is 0 Å². The third-order valence-electron chi connectivity index (χ3n) is 5.64. The number of hydrogen-bond donors (Lipinski definition) is 3. The van der Waals surface area contributed by atoms with Crippen LogP contribution >= 0.6 is 11.3 Å². The highest BCUT2D eigenvalue weighted by atomic mass is 32.1. The van der Waals surface area contributed by atoms with E-state index in [-0.39, 0.29) is 5.91 Å². The van der Waals surface area contributed by atoms with Crippen molar-refractivity contribution in [2.24, 2.45) is 0 Å². The number of nitrogens with one attached hydrogen (secondary N) is 2. The van der Waals surface area contributed by atoms with E-state index in [1.807, 2.05) is 18.3 Å². The Morgan fingerprint density at radius 2 is 2.10 bits per heavy atom. The number of rotatable bonds is 10. The molecule has 0 spiro atoms. The molecule has 2 heterocycles. The molecule has 2 unspecified atom stereocenters. The van der Waals surface area contributed by atoms with Gasteiger partial charge in [0, 0.05) is 23.2 Å². The summed E-state index contributed by atoms with van der Waals surface area (Å²) >= 11 is 1.78. The molecular weight excluding hydrogens is 382 g/mol. The fourth-order valence-electron chi connectivity index (χ4n) is 3.69. The number of aliphatic hydroxyl groups excluding tert-OH is 1. The van der Waals surface area contributed by atoms with Crippen molar-refractivity contribution in [2.45, 2.75) is 77.0 Å². The van der Waals surface area contributed by atoms with Crippen molar-refractivity contribution in [3.05, 3.63) is 40.9 Å². The summed E-state index contributed by atoms with van der Waals surface area (Å²) in [5, 5.41) is 16.8. The average molecular weight is 416 g/mol. The third kappa shape index (κ3) is 6.11. The second-order valence-corrected chi connectivity index (χ2v) is 9.08. The van der Waals surface area contributed by atoms with Crippen LogP contribution < -0.4 is 10.6 Å². The highest BCUT2D eigenvalue weighted by molar-refractivity contribution is 7.15. The maximum atomic E-state index is 12.2. The lowest BCUT2D eigenvalue weighted by atomic mass is 10.0. The van der Waals surface area contributed by atoms with E-state index in [0.717, 1.165) is 16.1 Å². The highest BCUT2D eigenvalue weighted by Gasteiger charge is 2.30. The van der Waals surface area contributed by atoms with Crippen LogP contribution in [0.5, 0.6) is 0 Å². The van der Waals surface area contributed by atoms with Gasteiger partial charge in [-0.25, -0.2) is 4.98 Å². The third-order valence-corrected chi connectivity index (χ3v) is 6.92. The van der Waals surface area contributed by atoms with Crippen LogP contribution in [0.3, 0.4) is 0 Å². The quantitative estimate of drug-likeness (QED) is 0.508. The number of aromatic nitrogens is 1. The maximum absolute atomic E-state index is 12.2. The molecule has 0 aliphatic carbocycles. The number of nitrogens with zero attached hydrogens (tertiary/aromatic N) is 1. The first-order valence-electron chi connectivity index (χ1n) is 10.8. The Morgan fingerprint density at radius 1 is 1.31 bits per heavy atom. The molecule has 0 bridgehead atoms. The Labute approximate surface area is 178 Å². The molecule has 1 aliphatic heterocycles. The van der Waals surface area contributed by atoms with Crippen molar-refractivity contribution in [3.63, 3.8) is 0 Å². The van der Waals surface area contributed by atoms with Crippen LogP contribution in [-0.4, -0.2) is 34.7 Å². The number of amides is 1. The Morgan fingerprint density at radius 3 is 2.79 bits per heavy atom. The van der Waals surface area contributed by atoms with Crippen LogP contribution in [0, 0.1) is 0 Å². The van der Waals surface area contributed by atoms with Crippen molar-refractivity contribution in [2.75, 3.05) is 6.54 Å². The minimum atomic E-state index is -0.592. The number of hydrogen-bond acceptors (Lipinski definition) is 5. The number of benzene rings is 1. The van der Waals surface area contributed by atoms with E-state index in [1.54, 1.807) is 11.3 Å². The number of carbonyl (C=O) groups excluding carboxylic acids is 1. The van der Waals surface area contributed by atoms with Gasteiger partial charge in [-0.2, -0.15) is 0 Å². The Hall–Kier alpha value is -1.76. The molecule has 1 amide bonds. The smallest absolute Gasteiger partial charge is 0.240 e. The summed E-state index contributed by atoms with van der Waals surface area (Å²) in [6.45, 7) is 5.68. The summed E-state index contributed by atoms with van der Waals surface area (Å²) in [7, 11) is 0. The summed E-state index contributed by atoms with van der Waals surface area (Å²) in [5.74, 6) is 0.420. The van der Waals surface area contributed by atoms with Crippen molar-refractivity contribution in [3.8, 4) is 10.6 Å². The van der Waals surface area contributed by atoms with Crippen molar-refractivity contribution in [1.82, 2.24) is 15.6 Å². The molecule has 5 nitrogen and oxygen atoms in total. The average Bonchev–Trinajstić information content (AvgIpc) is 3.39. The molecule has 29 heavy (non-hydrogen) atoms. The molecule has 6 heteroatoms. The normalized spacial score (nSPS) is 20.0. The molecule has 1 aliphatic rings. The zero-order valence-corrected chi connectivity index (χ0v) is 18.3. The molecule has 0 saturated carbocycles. The molecule has 3 N–H and O–H groups in total. The largest absolute Gasteiger partial charge is 0.391 e. The lowest BCUT2D eigenvalue weighted by Gasteiger charge is -2.14. The minimum Gasteiger partial charge on any atom is -0.391 e. The second kappa shape index (κ2) is 10.9. The van der Waals surface area contributed by atoms with Gasteiger partial charge in [-0.1, -0.05) is 63.8 Å². The van der Waals surface area contributed by atoms with E-state index in [4.69, 9.17) is 0 Å². The Balaban J connectivity index is 1.51. The SMILES string of the molecule is CCCCCCC(C)c1cnc(-c2ccc(CNC(=O)C3NCC[C@@H]3O)cc2)s1. The topological polar surface area (TPSA) is 74.2 Å². The molecule has 1 aromatic heterocycles. The van der Waals surface area contributed by atoms with Gasteiger partial charge in [-0.15, -0.1) is 11.3 Å². The predicted octanol–water partition coefficient (Wildman–Crippen LogP) is 4.22. The van der Waals surface area contributed by atoms with Crippen LogP contribution in [0.1, 0.15) is 68.7 Å². The van der Waals surface area contributed by atoms with E-state index in [1.165, 1.54) is 37.0 Å². The first-order chi connectivity index (χ1) is 14.1. The standard InChI is InChI=1S/C23H33N3O2S/c1-3-4-5-6-7-16(2)20-15-26-23(29-20)18-10-8-17(9-11-18)14-25-22(28)21-19(27)12-13-24-21/h8-11,15-16,19,21,24,27H,3-7,12-14H2,1-2H3,(H,25,28)/t16?,19-,21?/m0/s1. The Kier molecular flexibility index (Phi) is 8.21. The molecule has 158 valence electrons. The summed E-state index contributed by atoms with van der Waals surface area (Å²) in [4.78, 5) is 18.1. The van der Waals surface area contributed by atoms with Crippen molar-refractivity contribution >= 4 is 17.2 Å². The predicted molar refractivity (Wildman–Crippen MR) is 119 cm³/mol. The summed E-state index contributed by atoms with van der Waals surface area (Å²) in [6, 6.07) is 7.70. The molecule has 3 atom stereocenters. The summed E-state index contributed by atoms with van der Waals surface area (Å²) in [6.07, 6.45) is 8.49. The lowest BCUT2D eigenvalue weighted by molar-refractivity contribution is -0.124. The molecule has 1 fully saturated rings. The second-order valence-electron chi connectivity index (χ2n) is 8.02. The lowest BCUT2D eigenvalue weighted by Crippen LogP contribution is -2.45. The van der Waals surface area contributed by atoms with E-state index < -0.39 is 12.1 Å². The highest BCUT2D eigenvalue weighted by Crippen LogP contribution is 2.32. The molecule has 2 aromatic rings. The van der Waals surface area contributed by atoms with Crippen LogP contribution in [0.15, 0.2) is 30.5 Å². The van der Waals surface area contributed by atoms with Gasteiger partial charge in [-0.05, 0) is 30.9 Å². The van der Waals surface area contributed by atoms with E-state index >= 15 is 0 Å². The fourth-order valence-corrected chi connectivity index (χ4v) is 4.70. The van der Waals surface area contributed by atoms with E-state index in [0.29, 0.717) is 25.4 Å².